The van der Waals surface area contributed by atoms with E-state index in [1.54, 1.807) is 6.92 Å². The number of anilines is 1. The third kappa shape index (κ3) is 3.28. The molecule has 0 aliphatic rings. The van der Waals surface area contributed by atoms with E-state index in [2.05, 4.69) is 0 Å². The Bertz CT molecular complexity index is 387. The number of hydrogen-bond donors (Lipinski definition) is 1. The van der Waals surface area contributed by atoms with E-state index in [-0.39, 0.29) is 17.3 Å². The average molecular weight is 250 g/mol. The van der Waals surface area contributed by atoms with Crippen LogP contribution in [0.15, 0.2) is 17.0 Å². The van der Waals surface area contributed by atoms with E-state index in [0.29, 0.717) is 4.90 Å². The molecule has 0 aromatic heterocycles. The number of rotatable bonds is 2. The second-order valence-electron chi connectivity index (χ2n) is 2.59. The van der Waals surface area contributed by atoms with Gasteiger partial charge in [0, 0.05) is 4.90 Å². The van der Waals surface area contributed by atoms with Gasteiger partial charge < -0.3 is 10.5 Å². The zero-order valence-electron chi connectivity index (χ0n) is 7.92. The second kappa shape index (κ2) is 5.23. The fraction of sp³-hybridized carbons (Fsp3) is 0.222. The number of nitrogen functional groups attached to an aromatic ring is 1. The largest absolute Gasteiger partial charge is 0.458 e. The standard InChI is InChI=1S/C9H9ClFNO2S/c1-2-14-9(13)15-8-4-7(12)6(11)3-5(8)10/h3-4H,2,12H2,1H3. The molecule has 0 amide bonds. The average Bonchev–Trinajstić information content (AvgIpc) is 2.14. The molecule has 1 aromatic rings. The van der Waals surface area contributed by atoms with Crippen LogP contribution in [0.25, 0.3) is 0 Å². The highest BCUT2D eigenvalue weighted by atomic mass is 35.5. The minimum Gasteiger partial charge on any atom is -0.458 e. The molecule has 0 fully saturated rings. The first-order valence-corrected chi connectivity index (χ1v) is 5.33. The van der Waals surface area contributed by atoms with Crippen molar-refractivity contribution in [3.05, 3.63) is 23.0 Å². The Morgan fingerprint density at radius 3 is 2.93 bits per heavy atom. The Labute approximate surface area is 95.7 Å². The summed E-state index contributed by atoms with van der Waals surface area (Å²) in [5.41, 5.74) is 5.29. The van der Waals surface area contributed by atoms with Crippen molar-refractivity contribution in [1.82, 2.24) is 0 Å². The highest BCUT2D eigenvalue weighted by Crippen LogP contribution is 2.31. The van der Waals surface area contributed by atoms with Crippen LogP contribution in [0.2, 0.25) is 5.02 Å². The van der Waals surface area contributed by atoms with Crippen molar-refractivity contribution in [2.75, 3.05) is 12.3 Å². The first-order valence-electron chi connectivity index (χ1n) is 4.13. The maximum atomic E-state index is 12.9. The zero-order chi connectivity index (χ0) is 11.4. The summed E-state index contributed by atoms with van der Waals surface area (Å²) < 4.78 is 17.6. The van der Waals surface area contributed by atoms with Crippen LogP contribution in [0.1, 0.15) is 6.92 Å². The number of ether oxygens (including phenoxy) is 1. The predicted molar refractivity (Wildman–Crippen MR) is 58.7 cm³/mol. The Balaban J connectivity index is 2.86. The summed E-state index contributed by atoms with van der Waals surface area (Å²) in [5.74, 6) is -0.604. The topological polar surface area (TPSA) is 52.3 Å². The van der Waals surface area contributed by atoms with Crippen LogP contribution in [-0.2, 0) is 4.74 Å². The van der Waals surface area contributed by atoms with Gasteiger partial charge in [-0.3, -0.25) is 0 Å². The fourth-order valence-electron chi connectivity index (χ4n) is 0.860. The third-order valence-electron chi connectivity index (χ3n) is 1.51. The molecule has 6 heteroatoms. The second-order valence-corrected chi connectivity index (χ2v) is 3.97. The van der Waals surface area contributed by atoms with Gasteiger partial charge in [-0.15, -0.1) is 0 Å². The maximum absolute atomic E-state index is 12.9. The summed E-state index contributed by atoms with van der Waals surface area (Å²) in [6.45, 7) is 1.97. The molecule has 1 rings (SSSR count). The van der Waals surface area contributed by atoms with E-state index < -0.39 is 11.1 Å². The molecule has 0 aliphatic heterocycles. The van der Waals surface area contributed by atoms with Gasteiger partial charge in [-0.25, -0.2) is 9.18 Å². The molecule has 2 N–H and O–H groups in total. The number of benzene rings is 1. The summed E-state index contributed by atoms with van der Waals surface area (Å²) >= 11 is 6.50. The van der Waals surface area contributed by atoms with Crippen LogP contribution in [-0.4, -0.2) is 11.9 Å². The van der Waals surface area contributed by atoms with Crippen molar-refractivity contribution < 1.29 is 13.9 Å². The van der Waals surface area contributed by atoms with Gasteiger partial charge in [0.2, 0.25) is 0 Å². The Kier molecular flexibility index (Phi) is 4.23. The molecule has 1 aromatic carbocycles. The highest BCUT2D eigenvalue weighted by molar-refractivity contribution is 8.13. The van der Waals surface area contributed by atoms with Crippen molar-refractivity contribution in [3.63, 3.8) is 0 Å². The van der Waals surface area contributed by atoms with Gasteiger partial charge in [-0.05, 0) is 30.8 Å². The smallest absolute Gasteiger partial charge is 0.372 e. The quantitative estimate of drug-likeness (QED) is 0.496. The molecule has 0 saturated carbocycles. The summed E-state index contributed by atoms with van der Waals surface area (Å²) in [5, 5.41) is -0.356. The van der Waals surface area contributed by atoms with Crippen LogP contribution in [0.5, 0.6) is 0 Å². The number of hydrogen-bond acceptors (Lipinski definition) is 4. The summed E-state index contributed by atoms with van der Waals surface area (Å²) in [4.78, 5) is 11.5. The summed E-state index contributed by atoms with van der Waals surface area (Å²) in [7, 11) is 0. The fourth-order valence-corrected chi connectivity index (χ4v) is 1.82. The Morgan fingerprint density at radius 2 is 2.33 bits per heavy atom. The van der Waals surface area contributed by atoms with E-state index in [9.17, 15) is 9.18 Å². The third-order valence-corrected chi connectivity index (χ3v) is 2.77. The van der Waals surface area contributed by atoms with Gasteiger partial charge >= 0.3 is 5.30 Å². The highest BCUT2D eigenvalue weighted by Gasteiger charge is 2.11. The van der Waals surface area contributed by atoms with Crippen LogP contribution < -0.4 is 5.73 Å². The van der Waals surface area contributed by atoms with Crippen molar-refractivity contribution in [2.45, 2.75) is 11.8 Å². The van der Waals surface area contributed by atoms with Crippen molar-refractivity contribution in [3.8, 4) is 0 Å². The van der Waals surface area contributed by atoms with Gasteiger partial charge in [0.25, 0.3) is 0 Å². The molecule has 15 heavy (non-hydrogen) atoms. The lowest BCUT2D eigenvalue weighted by molar-refractivity contribution is 0.181. The van der Waals surface area contributed by atoms with Crippen LogP contribution in [0.4, 0.5) is 14.9 Å². The maximum Gasteiger partial charge on any atom is 0.372 e. The molecule has 3 nitrogen and oxygen atoms in total. The number of nitrogens with two attached hydrogens (primary N) is 1. The first kappa shape index (κ1) is 12.1. The summed E-state index contributed by atoms with van der Waals surface area (Å²) in [6.07, 6.45) is 0. The first-order chi connectivity index (χ1) is 7.04. The minimum absolute atomic E-state index is 0.0498. The number of thioether (sulfide) groups is 1. The minimum atomic E-state index is -0.604. The van der Waals surface area contributed by atoms with Gasteiger partial charge in [-0.2, -0.15) is 0 Å². The molecule has 0 saturated heterocycles. The summed E-state index contributed by atoms with van der Waals surface area (Å²) in [6, 6.07) is 2.37. The molecule has 0 radical (unpaired) electrons. The van der Waals surface area contributed by atoms with Crippen LogP contribution in [0.3, 0.4) is 0 Å². The number of carbonyl (C=O) groups excluding carboxylic acids is 1. The molecular formula is C9H9ClFNO2S. The van der Waals surface area contributed by atoms with Crippen molar-refractivity contribution in [1.29, 1.82) is 0 Å². The molecule has 82 valence electrons. The van der Waals surface area contributed by atoms with E-state index in [1.165, 1.54) is 6.07 Å². The van der Waals surface area contributed by atoms with Crippen molar-refractivity contribution in [2.24, 2.45) is 0 Å². The lowest BCUT2D eigenvalue weighted by Gasteiger charge is -2.05. The van der Waals surface area contributed by atoms with Gasteiger partial charge in [0.05, 0.1) is 17.3 Å². The normalized spacial score (nSPS) is 10.1. The molecule has 0 heterocycles. The zero-order valence-corrected chi connectivity index (χ0v) is 9.49. The molecular weight excluding hydrogens is 241 g/mol. The Hall–Kier alpha value is -0.940. The number of carbonyl (C=O) groups is 1. The van der Waals surface area contributed by atoms with Gasteiger partial charge in [0.15, 0.2) is 0 Å². The van der Waals surface area contributed by atoms with Crippen LogP contribution in [0, 0.1) is 5.82 Å². The SMILES string of the molecule is CCOC(=O)Sc1cc(N)c(F)cc1Cl. The molecule has 0 unspecified atom stereocenters. The molecule has 0 spiro atoms. The molecule has 0 aliphatic carbocycles. The Morgan fingerprint density at radius 1 is 1.67 bits per heavy atom. The van der Waals surface area contributed by atoms with Gasteiger partial charge in [-0.1, -0.05) is 11.6 Å². The lowest BCUT2D eigenvalue weighted by Crippen LogP contribution is -1.97. The van der Waals surface area contributed by atoms with E-state index >= 15 is 0 Å². The lowest BCUT2D eigenvalue weighted by atomic mass is 10.3. The molecule has 0 bridgehead atoms. The predicted octanol–water partition coefficient (Wildman–Crippen LogP) is 3.31. The van der Waals surface area contributed by atoms with E-state index in [1.807, 2.05) is 0 Å². The monoisotopic (exact) mass is 249 g/mol. The van der Waals surface area contributed by atoms with Crippen LogP contribution >= 0.6 is 23.4 Å². The number of halogens is 2. The van der Waals surface area contributed by atoms with E-state index in [0.717, 1.165) is 17.8 Å². The van der Waals surface area contributed by atoms with Crippen molar-refractivity contribution >= 4 is 34.4 Å². The molecule has 0 atom stereocenters. The van der Waals surface area contributed by atoms with E-state index in [4.69, 9.17) is 22.1 Å². The van der Waals surface area contributed by atoms with Gasteiger partial charge in [0.1, 0.15) is 5.82 Å².